The number of ether oxygens (including phenoxy) is 2. The monoisotopic (exact) mass is 414 g/mol. The van der Waals surface area contributed by atoms with E-state index >= 15 is 0 Å². The summed E-state index contributed by atoms with van der Waals surface area (Å²) < 4.78 is 59.8. The van der Waals surface area contributed by atoms with E-state index < -0.39 is 22.5 Å². The van der Waals surface area contributed by atoms with Crippen molar-refractivity contribution in [1.29, 1.82) is 0 Å². The first-order valence-electron chi connectivity index (χ1n) is 8.14. The SMILES string of the molecule is COc1cc(CNC(=O)CN(C)S(=O)(=O)c2ccccc2)ccc1OC(F)F. The van der Waals surface area contributed by atoms with Gasteiger partial charge in [0.05, 0.1) is 18.6 Å². The van der Waals surface area contributed by atoms with Gasteiger partial charge in [-0.05, 0) is 29.8 Å². The number of likely N-dealkylation sites (N-methyl/N-ethyl adjacent to an activating group) is 1. The Balaban J connectivity index is 1.97. The van der Waals surface area contributed by atoms with Crippen molar-refractivity contribution in [3.05, 3.63) is 54.1 Å². The third-order valence-corrected chi connectivity index (χ3v) is 5.57. The van der Waals surface area contributed by atoms with E-state index in [1.165, 1.54) is 44.5 Å². The molecule has 2 rings (SSSR count). The van der Waals surface area contributed by atoms with Crippen molar-refractivity contribution in [1.82, 2.24) is 9.62 Å². The van der Waals surface area contributed by atoms with E-state index in [1.54, 1.807) is 18.2 Å². The van der Waals surface area contributed by atoms with Crippen LogP contribution in [-0.2, 0) is 21.4 Å². The smallest absolute Gasteiger partial charge is 0.387 e. The van der Waals surface area contributed by atoms with Crippen molar-refractivity contribution in [2.24, 2.45) is 0 Å². The van der Waals surface area contributed by atoms with E-state index in [2.05, 4.69) is 10.1 Å². The molecule has 152 valence electrons. The van der Waals surface area contributed by atoms with E-state index in [4.69, 9.17) is 4.74 Å². The van der Waals surface area contributed by atoms with Crippen LogP contribution in [0.4, 0.5) is 8.78 Å². The number of carbonyl (C=O) groups is 1. The van der Waals surface area contributed by atoms with Crippen LogP contribution < -0.4 is 14.8 Å². The molecule has 0 aromatic heterocycles. The van der Waals surface area contributed by atoms with Gasteiger partial charge in [0.2, 0.25) is 15.9 Å². The van der Waals surface area contributed by atoms with Gasteiger partial charge in [0.25, 0.3) is 0 Å². The summed E-state index contributed by atoms with van der Waals surface area (Å²) >= 11 is 0. The molecule has 0 fully saturated rings. The van der Waals surface area contributed by atoms with E-state index in [1.807, 2.05) is 0 Å². The molecule has 0 saturated carbocycles. The number of methoxy groups -OCH3 is 1. The molecule has 2 aromatic carbocycles. The Morgan fingerprint density at radius 1 is 1.14 bits per heavy atom. The summed E-state index contributed by atoms with van der Waals surface area (Å²) in [5, 5.41) is 2.58. The Morgan fingerprint density at radius 2 is 1.82 bits per heavy atom. The van der Waals surface area contributed by atoms with E-state index in [-0.39, 0.29) is 29.5 Å². The number of benzene rings is 2. The number of alkyl halides is 2. The van der Waals surface area contributed by atoms with Gasteiger partial charge in [0.15, 0.2) is 11.5 Å². The molecular weight excluding hydrogens is 394 g/mol. The number of nitrogens with one attached hydrogen (secondary N) is 1. The van der Waals surface area contributed by atoms with Crippen molar-refractivity contribution < 1.29 is 31.5 Å². The van der Waals surface area contributed by atoms with Crippen molar-refractivity contribution >= 4 is 15.9 Å². The predicted molar refractivity (Wildman–Crippen MR) is 97.7 cm³/mol. The molecule has 0 heterocycles. The molecule has 0 atom stereocenters. The number of sulfonamides is 1. The average molecular weight is 414 g/mol. The molecule has 1 N–H and O–H groups in total. The second kappa shape index (κ2) is 9.47. The molecule has 0 radical (unpaired) electrons. The Bertz CT molecular complexity index is 907. The molecule has 7 nitrogen and oxygen atoms in total. The molecule has 0 aliphatic rings. The van der Waals surface area contributed by atoms with Gasteiger partial charge in [-0.3, -0.25) is 4.79 Å². The van der Waals surface area contributed by atoms with Crippen LogP contribution >= 0.6 is 0 Å². The van der Waals surface area contributed by atoms with Crippen molar-refractivity contribution in [2.75, 3.05) is 20.7 Å². The first-order valence-corrected chi connectivity index (χ1v) is 9.58. The Labute approximate surface area is 161 Å². The number of hydrogen-bond acceptors (Lipinski definition) is 5. The zero-order valence-electron chi connectivity index (χ0n) is 15.3. The molecule has 10 heteroatoms. The largest absolute Gasteiger partial charge is 0.493 e. The lowest BCUT2D eigenvalue weighted by molar-refractivity contribution is -0.121. The number of hydrogen-bond donors (Lipinski definition) is 1. The summed E-state index contributed by atoms with van der Waals surface area (Å²) in [6.07, 6.45) is 0. The fourth-order valence-corrected chi connectivity index (χ4v) is 3.48. The molecule has 0 saturated heterocycles. The van der Waals surface area contributed by atoms with Gasteiger partial charge in [-0.1, -0.05) is 24.3 Å². The van der Waals surface area contributed by atoms with Crippen molar-refractivity contribution in [2.45, 2.75) is 18.1 Å². The summed E-state index contributed by atoms with van der Waals surface area (Å²) in [7, 11) is -1.17. The lowest BCUT2D eigenvalue weighted by atomic mass is 10.2. The number of nitrogens with zero attached hydrogens (tertiary/aromatic N) is 1. The number of carbonyl (C=O) groups excluding carboxylic acids is 1. The topological polar surface area (TPSA) is 84.9 Å². The Hall–Kier alpha value is -2.72. The average Bonchev–Trinajstić information content (AvgIpc) is 2.67. The van der Waals surface area contributed by atoms with E-state index in [9.17, 15) is 22.0 Å². The number of rotatable bonds is 9. The van der Waals surface area contributed by atoms with Crippen LogP contribution in [0.5, 0.6) is 11.5 Å². The highest BCUT2D eigenvalue weighted by Gasteiger charge is 2.22. The van der Waals surface area contributed by atoms with Gasteiger partial charge >= 0.3 is 6.61 Å². The van der Waals surface area contributed by atoms with Crippen LogP contribution in [0.25, 0.3) is 0 Å². The van der Waals surface area contributed by atoms with E-state index in [0.717, 1.165) is 4.31 Å². The molecule has 0 unspecified atom stereocenters. The molecule has 0 aliphatic carbocycles. The molecule has 0 bridgehead atoms. The normalized spacial score (nSPS) is 11.5. The van der Waals surface area contributed by atoms with Gasteiger partial charge in [-0.25, -0.2) is 8.42 Å². The zero-order valence-corrected chi connectivity index (χ0v) is 16.1. The molecular formula is C18H20F2N2O5S. The third-order valence-electron chi connectivity index (χ3n) is 3.75. The van der Waals surface area contributed by atoms with Gasteiger partial charge in [-0.2, -0.15) is 13.1 Å². The maximum Gasteiger partial charge on any atom is 0.387 e. The second-order valence-electron chi connectivity index (χ2n) is 5.71. The summed E-state index contributed by atoms with van der Waals surface area (Å²) in [5.41, 5.74) is 0.570. The van der Waals surface area contributed by atoms with Gasteiger partial charge in [0, 0.05) is 13.6 Å². The fraction of sp³-hybridized carbons (Fsp3) is 0.278. The van der Waals surface area contributed by atoms with Crippen LogP contribution in [0.15, 0.2) is 53.4 Å². The van der Waals surface area contributed by atoms with Crippen LogP contribution in [0, 0.1) is 0 Å². The molecule has 0 spiro atoms. The third kappa shape index (κ3) is 5.64. The first-order chi connectivity index (χ1) is 13.2. The van der Waals surface area contributed by atoms with E-state index in [0.29, 0.717) is 5.56 Å². The standard InChI is InChI=1S/C18H20F2N2O5S/c1-22(28(24,25)14-6-4-3-5-7-14)12-17(23)21-11-13-8-9-15(27-18(19)20)16(10-13)26-2/h3-10,18H,11-12H2,1-2H3,(H,21,23). The highest BCUT2D eigenvalue weighted by Crippen LogP contribution is 2.29. The van der Waals surface area contributed by atoms with Crippen molar-refractivity contribution in [3.8, 4) is 11.5 Å². The molecule has 2 aromatic rings. The minimum absolute atomic E-state index is 0.0589. The predicted octanol–water partition coefficient (Wildman–Crippen LogP) is 2.23. The van der Waals surface area contributed by atoms with Crippen molar-refractivity contribution in [3.63, 3.8) is 0 Å². The summed E-state index contributed by atoms with van der Waals surface area (Å²) in [6.45, 7) is -3.30. The number of halogens is 2. The van der Waals surface area contributed by atoms with Crippen LogP contribution in [-0.4, -0.2) is 45.9 Å². The van der Waals surface area contributed by atoms with Crippen LogP contribution in [0.2, 0.25) is 0 Å². The quantitative estimate of drug-likeness (QED) is 0.680. The number of amides is 1. The molecule has 1 amide bonds. The highest BCUT2D eigenvalue weighted by atomic mass is 32.2. The maximum atomic E-state index is 12.4. The lowest BCUT2D eigenvalue weighted by Crippen LogP contribution is -2.38. The first kappa shape index (κ1) is 21.6. The maximum absolute atomic E-state index is 12.4. The molecule has 28 heavy (non-hydrogen) atoms. The Kier molecular flexibility index (Phi) is 7.30. The highest BCUT2D eigenvalue weighted by molar-refractivity contribution is 7.89. The second-order valence-corrected chi connectivity index (χ2v) is 7.76. The lowest BCUT2D eigenvalue weighted by Gasteiger charge is -2.17. The van der Waals surface area contributed by atoms with Crippen LogP contribution in [0.3, 0.4) is 0 Å². The van der Waals surface area contributed by atoms with Gasteiger partial charge in [-0.15, -0.1) is 0 Å². The minimum Gasteiger partial charge on any atom is -0.493 e. The molecule has 0 aliphatic heterocycles. The zero-order chi connectivity index (χ0) is 20.7. The summed E-state index contributed by atoms with van der Waals surface area (Å²) in [6, 6.07) is 12.0. The summed E-state index contributed by atoms with van der Waals surface area (Å²) in [5.74, 6) is -0.550. The summed E-state index contributed by atoms with van der Waals surface area (Å²) in [4.78, 5) is 12.2. The minimum atomic E-state index is -3.78. The Morgan fingerprint density at radius 3 is 2.43 bits per heavy atom. The van der Waals surface area contributed by atoms with Crippen LogP contribution in [0.1, 0.15) is 5.56 Å². The van der Waals surface area contributed by atoms with Gasteiger partial charge < -0.3 is 14.8 Å². The fourth-order valence-electron chi connectivity index (χ4n) is 2.33. The van der Waals surface area contributed by atoms with Gasteiger partial charge in [0.1, 0.15) is 0 Å².